The van der Waals surface area contributed by atoms with E-state index in [-0.39, 0.29) is 5.82 Å². The maximum absolute atomic E-state index is 13.2. The molecule has 0 heterocycles. The van der Waals surface area contributed by atoms with Gasteiger partial charge in [-0.05, 0) is 37.1 Å². The number of hydrogen-bond acceptors (Lipinski definition) is 2. The van der Waals surface area contributed by atoms with Gasteiger partial charge in [0.2, 0.25) is 5.91 Å². The number of hydrogen-bond donors (Lipinski definition) is 2. The average Bonchev–Trinajstić information content (AvgIpc) is 2.22. The minimum Gasteiger partial charge on any atom is -0.374 e. The maximum atomic E-state index is 13.2. The van der Waals surface area contributed by atoms with Crippen LogP contribution in [0.2, 0.25) is 0 Å². The van der Waals surface area contributed by atoms with Gasteiger partial charge >= 0.3 is 0 Å². The lowest BCUT2D eigenvalue weighted by atomic mass is 10.1. The third kappa shape index (κ3) is 4.43. The molecule has 3 N–H and O–H groups in total. The number of amides is 1. The highest BCUT2D eigenvalue weighted by atomic mass is 19.1. The van der Waals surface area contributed by atoms with Gasteiger partial charge in [-0.25, -0.2) is 4.39 Å². The van der Waals surface area contributed by atoms with Crippen molar-refractivity contribution in [2.45, 2.75) is 39.2 Å². The van der Waals surface area contributed by atoms with Gasteiger partial charge in [-0.3, -0.25) is 4.79 Å². The highest BCUT2D eigenvalue weighted by molar-refractivity contribution is 5.82. The number of nitrogens with one attached hydrogen (secondary N) is 1. The molecule has 0 bridgehead atoms. The summed E-state index contributed by atoms with van der Waals surface area (Å²) >= 11 is 0. The Hall–Kier alpha value is -1.58. The molecular weight excluding hydrogens is 219 g/mol. The molecule has 94 valence electrons. The minimum absolute atomic E-state index is 0.314. The summed E-state index contributed by atoms with van der Waals surface area (Å²) < 4.78 is 13.2. The number of aryl methyl sites for hydroxylation is 1. The zero-order valence-electron chi connectivity index (χ0n) is 10.3. The number of primary amides is 1. The van der Waals surface area contributed by atoms with Crippen LogP contribution in [0.4, 0.5) is 10.1 Å². The zero-order chi connectivity index (χ0) is 12.8. The van der Waals surface area contributed by atoms with E-state index in [1.807, 2.05) is 6.92 Å². The topological polar surface area (TPSA) is 55.1 Å². The van der Waals surface area contributed by atoms with E-state index in [0.29, 0.717) is 12.1 Å². The second kappa shape index (κ2) is 6.23. The Balaban J connectivity index is 2.74. The van der Waals surface area contributed by atoms with Crippen molar-refractivity contribution in [1.29, 1.82) is 0 Å². The molecule has 1 unspecified atom stereocenters. The summed E-state index contributed by atoms with van der Waals surface area (Å²) in [5, 5.41) is 2.98. The summed E-state index contributed by atoms with van der Waals surface area (Å²) in [6, 6.07) is 4.17. The monoisotopic (exact) mass is 238 g/mol. The van der Waals surface area contributed by atoms with E-state index in [1.54, 1.807) is 13.0 Å². The van der Waals surface area contributed by atoms with E-state index in [0.717, 1.165) is 18.4 Å². The van der Waals surface area contributed by atoms with Crippen LogP contribution < -0.4 is 11.1 Å². The van der Waals surface area contributed by atoms with Crippen LogP contribution in [0, 0.1) is 12.7 Å². The van der Waals surface area contributed by atoms with Gasteiger partial charge in [0.05, 0.1) is 0 Å². The van der Waals surface area contributed by atoms with Crippen LogP contribution in [0.5, 0.6) is 0 Å². The van der Waals surface area contributed by atoms with Gasteiger partial charge in [-0.15, -0.1) is 0 Å². The fourth-order valence-corrected chi connectivity index (χ4v) is 1.71. The van der Waals surface area contributed by atoms with E-state index in [2.05, 4.69) is 5.32 Å². The number of nitrogens with two attached hydrogens (primary N) is 1. The zero-order valence-corrected chi connectivity index (χ0v) is 10.3. The SMILES string of the molecule is CCCCC(Nc1cc(C)cc(F)c1)C(N)=O. The molecule has 1 aromatic rings. The molecule has 0 spiro atoms. The smallest absolute Gasteiger partial charge is 0.239 e. The number of carbonyl (C=O) groups excluding carboxylic acids is 1. The van der Waals surface area contributed by atoms with Gasteiger partial charge in [-0.1, -0.05) is 19.8 Å². The van der Waals surface area contributed by atoms with Crippen LogP contribution >= 0.6 is 0 Å². The summed E-state index contributed by atoms with van der Waals surface area (Å²) in [5.41, 5.74) is 6.72. The van der Waals surface area contributed by atoms with Crippen molar-refractivity contribution in [1.82, 2.24) is 0 Å². The Morgan fingerprint density at radius 3 is 2.71 bits per heavy atom. The highest BCUT2D eigenvalue weighted by Gasteiger charge is 2.14. The molecule has 1 rings (SSSR count). The maximum Gasteiger partial charge on any atom is 0.239 e. The molecule has 1 aromatic carbocycles. The van der Waals surface area contributed by atoms with Gasteiger partial charge < -0.3 is 11.1 Å². The van der Waals surface area contributed by atoms with E-state index < -0.39 is 11.9 Å². The highest BCUT2D eigenvalue weighted by Crippen LogP contribution is 2.16. The van der Waals surface area contributed by atoms with Gasteiger partial charge in [0.15, 0.2) is 0 Å². The molecule has 0 saturated heterocycles. The first-order chi connectivity index (χ1) is 8.02. The Morgan fingerprint density at radius 2 is 2.18 bits per heavy atom. The van der Waals surface area contributed by atoms with Gasteiger partial charge in [-0.2, -0.15) is 0 Å². The van der Waals surface area contributed by atoms with E-state index >= 15 is 0 Å². The molecule has 0 aliphatic heterocycles. The lowest BCUT2D eigenvalue weighted by Gasteiger charge is -2.16. The first kappa shape index (κ1) is 13.5. The largest absolute Gasteiger partial charge is 0.374 e. The first-order valence-electron chi connectivity index (χ1n) is 5.86. The minimum atomic E-state index is -0.434. The second-order valence-electron chi connectivity index (χ2n) is 4.26. The van der Waals surface area contributed by atoms with Crippen molar-refractivity contribution in [2.75, 3.05) is 5.32 Å². The molecule has 0 aliphatic rings. The number of carbonyl (C=O) groups is 1. The third-order valence-electron chi connectivity index (χ3n) is 2.57. The molecule has 17 heavy (non-hydrogen) atoms. The fourth-order valence-electron chi connectivity index (χ4n) is 1.71. The van der Waals surface area contributed by atoms with Crippen LogP contribution in [-0.2, 0) is 4.79 Å². The van der Waals surface area contributed by atoms with Crippen LogP contribution in [0.15, 0.2) is 18.2 Å². The molecule has 0 saturated carbocycles. The summed E-state index contributed by atoms with van der Waals surface area (Å²) in [6.45, 7) is 3.85. The van der Waals surface area contributed by atoms with E-state index in [1.165, 1.54) is 12.1 Å². The van der Waals surface area contributed by atoms with Gasteiger partial charge in [0.25, 0.3) is 0 Å². The number of anilines is 1. The number of halogens is 1. The summed E-state index contributed by atoms with van der Waals surface area (Å²) in [4.78, 5) is 11.2. The van der Waals surface area contributed by atoms with E-state index in [4.69, 9.17) is 5.73 Å². The fraction of sp³-hybridized carbons (Fsp3) is 0.462. The molecular formula is C13H19FN2O. The van der Waals surface area contributed by atoms with Crippen LogP contribution in [0.25, 0.3) is 0 Å². The molecule has 3 nitrogen and oxygen atoms in total. The van der Waals surface area contributed by atoms with Crippen molar-refractivity contribution in [3.8, 4) is 0 Å². The van der Waals surface area contributed by atoms with Gasteiger partial charge in [0, 0.05) is 5.69 Å². The Labute approximate surface area is 101 Å². The molecule has 0 radical (unpaired) electrons. The van der Waals surface area contributed by atoms with Crippen molar-refractivity contribution in [3.63, 3.8) is 0 Å². The van der Waals surface area contributed by atoms with Crippen molar-refractivity contribution >= 4 is 11.6 Å². The first-order valence-corrected chi connectivity index (χ1v) is 5.86. The summed E-state index contributed by atoms with van der Waals surface area (Å²) in [7, 11) is 0. The standard InChI is InChI=1S/C13H19FN2O/c1-3-4-5-12(13(15)17)16-11-7-9(2)6-10(14)8-11/h6-8,12,16H,3-5H2,1-2H3,(H2,15,17). The molecule has 0 aromatic heterocycles. The third-order valence-corrected chi connectivity index (χ3v) is 2.57. The Morgan fingerprint density at radius 1 is 1.47 bits per heavy atom. The van der Waals surface area contributed by atoms with Crippen LogP contribution in [0.1, 0.15) is 31.7 Å². The number of benzene rings is 1. The van der Waals surface area contributed by atoms with Gasteiger partial charge in [0.1, 0.15) is 11.9 Å². The predicted molar refractivity (Wildman–Crippen MR) is 67.3 cm³/mol. The quantitative estimate of drug-likeness (QED) is 0.800. The second-order valence-corrected chi connectivity index (χ2v) is 4.26. The van der Waals surface area contributed by atoms with Crippen LogP contribution in [0.3, 0.4) is 0 Å². The van der Waals surface area contributed by atoms with Crippen molar-refractivity contribution in [2.24, 2.45) is 5.73 Å². The normalized spacial score (nSPS) is 12.2. The number of rotatable bonds is 6. The molecule has 1 amide bonds. The average molecular weight is 238 g/mol. The van der Waals surface area contributed by atoms with Crippen molar-refractivity contribution < 1.29 is 9.18 Å². The Kier molecular flexibility index (Phi) is 4.94. The van der Waals surface area contributed by atoms with Crippen LogP contribution in [-0.4, -0.2) is 11.9 Å². The molecule has 1 atom stereocenters. The summed E-state index contributed by atoms with van der Waals surface area (Å²) in [5.74, 6) is -0.716. The molecule has 0 aliphatic carbocycles. The van der Waals surface area contributed by atoms with Crippen molar-refractivity contribution in [3.05, 3.63) is 29.6 Å². The lowest BCUT2D eigenvalue weighted by Crippen LogP contribution is -2.35. The van der Waals surface area contributed by atoms with E-state index in [9.17, 15) is 9.18 Å². The summed E-state index contributed by atoms with van der Waals surface area (Å²) in [6.07, 6.45) is 2.57. The molecule has 0 fully saturated rings. The number of unbranched alkanes of at least 4 members (excludes halogenated alkanes) is 1. The molecule has 4 heteroatoms. The Bertz CT molecular complexity index is 373. The predicted octanol–water partition coefficient (Wildman–Crippen LogP) is 2.59. The lowest BCUT2D eigenvalue weighted by molar-refractivity contribution is -0.118.